The average Bonchev–Trinajstić information content (AvgIpc) is 3.06. The van der Waals surface area contributed by atoms with Crippen molar-refractivity contribution < 1.29 is 8.42 Å². The Balaban J connectivity index is 1.94. The highest BCUT2D eigenvalue weighted by Gasteiger charge is 2.36. The number of hydrogen-bond acceptors (Lipinski definition) is 6. The molecule has 0 aromatic carbocycles. The third-order valence-corrected chi connectivity index (χ3v) is 7.19. The van der Waals surface area contributed by atoms with E-state index >= 15 is 0 Å². The number of hydrogen-bond donors (Lipinski definition) is 1. The van der Waals surface area contributed by atoms with Gasteiger partial charge in [0.2, 0.25) is 5.95 Å². The third kappa shape index (κ3) is 3.82. The monoisotopic (exact) mass is 366 g/mol. The predicted molar refractivity (Wildman–Crippen MR) is 99.8 cm³/mol. The lowest BCUT2D eigenvalue weighted by molar-refractivity contribution is 0.301. The molecule has 2 saturated heterocycles. The molecular weight excluding hydrogens is 336 g/mol. The molecule has 0 bridgehead atoms. The fourth-order valence-corrected chi connectivity index (χ4v) is 4.96. The van der Waals surface area contributed by atoms with Crippen LogP contribution < -0.4 is 10.2 Å². The molecule has 3 heterocycles. The Morgan fingerprint density at radius 3 is 2.68 bits per heavy atom. The average molecular weight is 367 g/mol. The van der Waals surface area contributed by atoms with E-state index in [0.29, 0.717) is 22.0 Å². The van der Waals surface area contributed by atoms with E-state index in [2.05, 4.69) is 29.0 Å². The number of piperidine rings is 1. The Labute approximate surface area is 151 Å². The van der Waals surface area contributed by atoms with E-state index in [4.69, 9.17) is 4.98 Å². The van der Waals surface area contributed by atoms with Crippen LogP contribution in [0, 0.1) is 5.41 Å². The van der Waals surface area contributed by atoms with Crippen molar-refractivity contribution in [3.05, 3.63) is 11.9 Å². The Kier molecular flexibility index (Phi) is 5.34. The number of rotatable bonds is 5. The third-order valence-electron chi connectivity index (χ3n) is 6.07. The minimum Gasteiger partial charge on any atom is -0.340 e. The van der Waals surface area contributed by atoms with E-state index < -0.39 is 9.84 Å². The summed E-state index contributed by atoms with van der Waals surface area (Å²) in [6.45, 7) is 8.18. The molecule has 1 unspecified atom stereocenters. The summed E-state index contributed by atoms with van der Waals surface area (Å²) in [6.07, 6.45) is 8.25. The smallest absolute Gasteiger partial charge is 0.225 e. The summed E-state index contributed by atoms with van der Waals surface area (Å²) in [4.78, 5) is 11.7. The van der Waals surface area contributed by atoms with E-state index in [-0.39, 0.29) is 5.92 Å². The van der Waals surface area contributed by atoms with Crippen LogP contribution in [-0.4, -0.2) is 50.8 Å². The van der Waals surface area contributed by atoms with Crippen molar-refractivity contribution in [2.75, 3.05) is 37.3 Å². The number of sulfone groups is 1. The molecule has 6 nitrogen and oxygen atoms in total. The first kappa shape index (κ1) is 18.6. The maximum Gasteiger partial charge on any atom is 0.225 e. The first-order valence-electron chi connectivity index (χ1n) is 9.41. The second-order valence-electron chi connectivity index (χ2n) is 7.61. The van der Waals surface area contributed by atoms with E-state index in [0.717, 1.165) is 58.3 Å². The van der Waals surface area contributed by atoms with Gasteiger partial charge in [-0.15, -0.1) is 0 Å². The molecule has 0 spiro atoms. The fraction of sp³-hybridized carbons (Fsp3) is 0.778. The van der Waals surface area contributed by atoms with Crippen LogP contribution in [0.4, 0.5) is 5.95 Å². The van der Waals surface area contributed by atoms with Gasteiger partial charge < -0.3 is 10.2 Å². The molecule has 1 atom stereocenters. The molecule has 2 aliphatic rings. The van der Waals surface area contributed by atoms with Crippen molar-refractivity contribution in [1.29, 1.82) is 0 Å². The topological polar surface area (TPSA) is 75.2 Å². The minimum absolute atomic E-state index is 0.143. The molecule has 3 rings (SSSR count). The quantitative estimate of drug-likeness (QED) is 0.862. The van der Waals surface area contributed by atoms with Gasteiger partial charge in [0.1, 0.15) is 4.90 Å². The predicted octanol–water partition coefficient (Wildman–Crippen LogP) is 2.36. The number of anilines is 1. The first-order chi connectivity index (χ1) is 11.9. The zero-order valence-corrected chi connectivity index (χ0v) is 16.4. The summed E-state index contributed by atoms with van der Waals surface area (Å²) in [5.41, 5.74) is 1.04. The number of nitrogens with zero attached hydrogens (tertiary/aromatic N) is 3. The summed E-state index contributed by atoms with van der Waals surface area (Å²) in [5.74, 6) is 0.835. The molecule has 1 aromatic rings. The van der Waals surface area contributed by atoms with Crippen LogP contribution >= 0.6 is 0 Å². The van der Waals surface area contributed by atoms with Gasteiger partial charge in [-0.2, -0.15) is 0 Å². The lowest BCUT2D eigenvalue weighted by Crippen LogP contribution is -2.31. The molecule has 2 fully saturated rings. The molecular formula is C18H30N4O2S. The Hall–Kier alpha value is -1.21. The molecule has 1 aromatic heterocycles. The van der Waals surface area contributed by atoms with Crippen LogP contribution in [0.1, 0.15) is 57.6 Å². The SMILES string of the molecule is CCC1(CC)CCN(c2ncc(S(C)(=O)=O)c(C3CCCNC3)n2)C1. The Morgan fingerprint density at radius 2 is 2.12 bits per heavy atom. The number of aromatic nitrogens is 2. The van der Waals surface area contributed by atoms with Gasteiger partial charge in [-0.1, -0.05) is 13.8 Å². The second-order valence-corrected chi connectivity index (χ2v) is 9.60. The van der Waals surface area contributed by atoms with Gasteiger partial charge in [-0.25, -0.2) is 18.4 Å². The standard InChI is InChI=1S/C18H30N4O2S/c1-4-18(5-2)8-10-22(13-18)17-20-12-15(25(3,23)24)16(21-17)14-7-6-9-19-11-14/h12,14,19H,4-11,13H2,1-3H3. The Bertz CT molecular complexity index is 710. The molecule has 25 heavy (non-hydrogen) atoms. The molecule has 140 valence electrons. The highest BCUT2D eigenvalue weighted by Crippen LogP contribution is 2.38. The van der Waals surface area contributed by atoms with Crippen molar-refractivity contribution in [2.24, 2.45) is 5.41 Å². The van der Waals surface area contributed by atoms with E-state index in [1.807, 2.05) is 0 Å². The Morgan fingerprint density at radius 1 is 1.36 bits per heavy atom. The fourth-order valence-electron chi connectivity index (χ4n) is 4.12. The summed E-state index contributed by atoms with van der Waals surface area (Å²) >= 11 is 0. The van der Waals surface area contributed by atoms with Crippen LogP contribution in [0.5, 0.6) is 0 Å². The zero-order valence-electron chi connectivity index (χ0n) is 15.6. The van der Waals surface area contributed by atoms with E-state index in [1.54, 1.807) is 0 Å². The van der Waals surface area contributed by atoms with Crippen molar-refractivity contribution in [1.82, 2.24) is 15.3 Å². The van der Waals surface area contributed by atoms with Crippen molar-refractivity contribution in [3.63, 3.8) is 0 Å². The zero-order chi connectivity index (χ0) is 18.1. The summed E-state index contributed by atoms with van der Waals surface area (Å²) < 4.78 is 24.4. The minimum atomic E-state index is -3.33. The van der Waals surface area contributed by atoms with Crippen molar-refractivity contribution >= 4 is 15.8 Å². The van der Waals surface area contributed by atoms with Gasteiger partial charge in [0.05, 0.1) is 11.9 Å². The van der Waals surface area contributed by atoms with Crippen LogP contribution in [0.25, 0.3) is 0 Å². The van der Waals surface area contributed by atoms with Crippen LogP contribution in [0.2, 0.25) is 0 Å². The second kappa shape index (κ2) is 7.19. The molecule has 0 aliphatic carbocycles. The normalized spacial score (nSPS) is 23.8. The molecule has 0 amide bonds. The molecule has 7 heteroatoms. The van der Waals surface area contributed by atoms with Gasteiger partial charge in [0.15, 0.2) is 9.84 Å². The molecule has 0 radical (unpaired) electrons. The van der Waals surface area contributed by atoms with Crippen LogP contribution in [0.15, 0.2) is 11.1 Å². The molecule has 1 N–H and O–H groups in total. The summed E-state index contributed by atoms with van der Waals surface area (Å²) in [6, 6.07) is 0. The van der Waals surface area contributed by atoms with Crippen LogP contribution in [-0.2, 0) is 9.84 Å². The van der Waals surface area contributed by atoms with E-state index in [1.165, 1.54) is 12.5 Å². The maximum atomic E-state index is 12.2. The maximum absolute atomic E-state index is 12.2. The van der Waals surface area contributed by atoms with Gasteiger partial charge >= 0.3 is 0 Å². The first-order valence-corrected chi connectivity index (χ1v) is 11.3. The number of nitrogens with one attached hydrogen (secondary N) is 1. The highest BCUT2D eigenvalue weighted by atomic mass is 32.2. The lowest BCUT2D eigenvalue weighted by atomic mass is 9.82. The van der Waals surface area contributed by atoms with E-state index in [9.17, 15) is 8.42 Å². The van der Waals surface area contributed by atoms with Gasteiger partial charge in [0, 0.05) is 31.8 Å². The van der Waals surface area contributed by atoms with Gasteiger partial charge in [0.25, 0.3) is 0 Å². The molecule has 2 aliphatic heterocycles. The largest absolute Gasteiger partial charge is 0.340 e. The highest BCUT2D eigenvalue weighted by molar-refractivity contribution is 7.90. The van der Waals surface area contributed by atoms with Crippen molar-refractivity contribution in [2.45, 2.75) is 56.8 Å². The van der Waals surface area contributed by atoms with Gasteiger partial charge in [-0.3, -0.25) is 0 Å². The molecule has 0 saturated carbocycles. The summed E-state index contributed by atoms with van der Waals surface area (Å²) in [5, 5.41) is 3.36. The van der Waals surface area contributed by atoms with Gasteiger partial charge in [-0.05, 0) is 44.1 Å². The van der Waals surface area contributed by atoms with Crippen molar-refractivity contribution in [3.8, 4) is 0 Å². The van der Waals surface area contributed by atoms with Crippen LogP contribution in [0.3, 0.4) is 0 Å². The summed E-state index contributed by atoms with van der Waals surface area (Å²) in [7, 11) is -3.33. The lowest BCUT2D eigenvalue weighted by Gasteiger charge is -2.27.